The van der Waals surface area contributed by atoms with Gasteiger partial charge in [0.2, 0.25) is 0 Å². The molecule has 2 N–H and O–H groups in total. The van der Waals surface area contributed by atoms with E-state index < -0.39 is 12.0 Å². The first-order valence-electron chi connectivity index (χ1n) is 4.51. The lowest BCUT2D eigenvalue weighted by molar-refractivity contribution is -0.139. The topological polar surface area (TPSA) is 49.3 Å². The monoisotopic (exact) mass is 307 g/mol. The highest BCUT2D eigenvalue weighted by Gasteiger charge is 2.27. The minimum absolute atomic E-state index is 0.113. The Morgan fingerprint density at radius 3 is 3.07 bits per heavy atom. The maximum absolute atomic E-state index is 10.9. The third kappa shape index (κ3) is 2.75. The number of halogens is 1. The molecule has 3 nitrogen and oxygen atoms in total. The molecular weight excluding hydrogens is 298 g/mol. The summed E-state index contributed by atoms with van der Waals surface area (Å²) in [5, 5.41) is 14.2. The Kier molecular flexibility index (Phi) is 3.71. The number of thioether (sulfide) groups is 1. The lowest BCUT2D eigenvalue weighted by Crippen LogP contribution is -2.41. The van der Waals surface area contributed by atoms with E-state index in [-0.39, 0.29) is 5.37 Å². The fourth-order valence-corrected chi connectivity index (χ4v) is 3.95. The zero-order valence-electron chi connectivity index (χ0n) is 7.77. The Hall–Kier alpha value is -0.0400. The number of hydrogen-bond donors (Lipinski definition) is 2. The fourth-order valence-electron chi connectivity index (χ4n) is 1.47. The maximum Gasteiger partial charge on any atom is 0.320 e. The highest BCUT2D eigenvalue weighted by Crippen LogP contribution is 2.35. The largest absolute Gasteiger partial charge is 0.480 e. The van der Waals surface area contributed by atoms with Crippen molar-refractivity contribution in [3.05, 3.63) is 20.8 Å². The van der Waals surface area contributed by atoms with Gasteiger partial charge in [0.15, 0.2) is 0 Å². The number of thiophene rings is 1. The van der Waals surface area contributed by atoms with Crippen LogP contribution in [0.25, 0.3) is 0 Å². The quantitative estimate of drug-likeness (QED) is 0.882. The van der Waals surface area contributed by atoms with Crippen molar-refractivity contribution in [1.82, 2.24) is 5.32 Å². The molecule has 0 spiro atoms. The van der Waals surface area contributed by atoms with E-state index in [1.54, 1.807) is 23.1 Å². The van der Waals surface area contributed by atoms with E-state index in [2.05, 4.69) is 26.6 Å². The summed E-state index contributed by atoms with van der Waals surface area (Å²) in [6, 6.07) is 1.63. The van der Waals surface area contributed by atoms with E-state index in [0.717, 1.165) is 15.1 Å². The molecule has 1 fully saturated rings. The van der Waals surface area contributed by atoms with Crippen LogP contribution in [0.15, 0.2) is 15.2 Å². The first-order valence-corrected chi connectivity index (χ1v) is 7.23. The van der Waals surface area contributed by atoms with Crippen LogP contribution in [-0.2, 0) is 4.79 Å². The zero-order valence-corrected chi connectivity index (χ0v) is 11.0. The second-order valence-corrected chi connectivity index (χ2v) is 6.78. The summed E-state index contributed by atoms with van der Waals surface area (Å²) in [6.07, 6.45) is 0.696. The molecule has 1 aromatic rings. The molecule has 0 saturated carbocycles. The molecule has 2 rings (SSSR count). The Labute approximate surface area is 104 Å². The lowest BCUT2D eigenvalue weighted by atomic mass is 10.2. The highest BCUT2D eigenvalue weighted by molar-refractivity contribution is 9.11. The predicted molar refractivity (Wildman–Crippen MR) is 66.4 cm³/mol. The summed E-state index contributed by atoms with van der Waals surface area (Å²) in [5.41, 5.74) is 1.16. The minimum atomic E-state index is -0.755. The molecule has 2 heterocycles. The number of carboxylic acid groups (broad SMARTS) is 1. The normalized spacial score (nSPS) is 26.5. The van der Waals surface area contributed by atoms with Gasteiger partial charge >= 0.3 is 5.97 Å². The van der Waals surface area contributed by atoms with Gasteiger partial charge in [0.05, 0.1) is 9.16 Å². The van der Waals surface area contributed by atoms with Crippen molar-refractivity contribution in [2.45, 2.75) is 17.8 Å². The summed E-state index contributed by atoms with van der Waals surface area (Å²) < 4.78 is 1.08. The summed E-state index contributed by atoms with van der Waals surface area (Å²) in [6.45, 7) is 0. The molecule has 0 aromatic carbocycles. The number of rotatable bonds is 2. The molecule has 1 saturated heterocycles. The first kappa shape index (κ1) is 11.4. The highest BCUT2D eigenvalue weighted by atomic mass is 79.9. The van der Waals surface area contributed by atoms with E-state index in [0.29, 0.717) is 6.42 Å². The number of carbonyl (C=O) groups is 1. The Morgan fingerprint density at radius 2 is 2.47 bits per heavy atom. The third-order valence-electron chi connectivity index (χ3n) is 2.23. The molecule has 2 atom stereocenters. The Morgan fingerprint density at radius 1 is 1.67 bits per heavy atom. The van der Waals surface area contributed by atoms with Crippen molar-refractivity contribution in [3.63, 3.8) is 0 Å². The average Bonchev–Trinajstić information content (AvgIpc) is 2.65. The van der Waals surface area contributed by atoms with Gasteiger partial charge in [-0.25, -0.2) is 0 Å². The predicted octanol–water partition coefficient (Wildman–Crippen LogP) is 2.69. The summed E-state index contributed by atoms with van der Waals surface area (Å²) in [4.78, 5) is 10.9. The van der Waals surface area contributed by atoms with Crippen molar-refractivity contribution in [1.29, 1.82) is 0 Å². The average molecular weight is 308 g/mol. The van der Waals surface area contributed by atoms with Crippen LogP contribution in [0.3, 0.4) is 0 Å². The van der Waals surface area contributed by atoms with E-state index in [1.165, 1.54) is 0 Å². The molecule has 0 radical (unpaired) electrons. The van der Waals surface area contributed by atoms with Gasteiger partial charge in [0.25, 0.3) is 0 Å². The summed E-state index contributed by atoms with van der Waals surface area (Å²) >= 11 is 6.79. The third-order valence-corrected chi connectivity index (χ3v) is 4.97. The van der Waals surface area contributed by atoms with Crippen molar-refractivity contribution in [3.8, 4) is 0 Å². The van der Waals surface area contributed by atoms with E-state index in [1.807, 2.05) is 6.07 Å². The Balaban J connectivity index is 2.07. The van der Waals surface area contributed by atoms with Gasteiger partial charge in [-0.1, -0.05) is 0 Å². The zero-order chi connectivity index (χ0) is 10.8. The number of aliphatic carboxylic acids is 1. The summed E-state index contributed by atoms with van der Waals surface area (Å²) in [5.74, 6) is 0.136. The van der Waals surface area contributed by atoms with E-state index in [4.69, 9.17) is 5.11 Å². The SMILES string of the molecule is O=C(O)C1CCSC(c2csc(Br)c2)N1. The maximum atomic E-state index is 10.9. The first-order chi connectivity index (χ1) is 7.16. The van der Waals surface area contributed by atoms with E-state index >= 15 is 0 Å². The molecule has 6 heteroatoms. The second kappa shape index (κ2) is 4.86. The van der Waals surface area contributed by atoms with Crippen LogP contribution in [0, 0.1) is 0 Å². The van der Waals surface area contributed by atoms with Gasteiger partial charge in [-0.3, -0.25) is 10.1 Å². The van der Waals surface area contributed by atoms with Crippen LogP contribution in [-0.4, -0.2) is 22.9 Å². The van der Waals surface area contributed by atoms with Crippen molar-refractivity contribution in [2.75, 3.05) is 5.75 Å². The second-order valence-electron chi connectivity index (χ2n) is 3.28. The molecule has 0 amide bonds. The molecule has 82 valence electrons. The summed E-state index contributed by atoms with van der Waals surface area (Å²) in [7, 11) is 0. The number of nitrogens with one attached hydrogen (secondary N) is 1. The van der Waals surface area contributed by atoms with Crippen molar-refractivity contribution in [2.24, 2.45) is 0 Å². The van der Waals surface area contributed by atoms with Gasteiger partial charge in [0.1, 0.15) is 6.04 Å². The molecule has 1 aromatic heterocycles. The van der Waals surface area contributed by atoms with Crippen LogP contribution in [0.2, 0.25) is 0 Å². The molecule has 15 heavy (non-hydrogen) atoms. The van der Waals surface area contributed by atoms with Crippen LogP contribution in [0.5, 0.6) is 0 Å². The standard InChI is InChI=1S/C9H10BrNO2S2/c10-7-3-5(4-15-7)8-11-6(9(12)13)1-2-14-8/h3-4,6,8,11H,1-2H2,(H,12,13). The van der Waals surface area contributed by atoms with Crippen LogP contribution >= 0.6 is 39.0 Å². The lowest BCUT2D eigenvalue weighted by Gasteiger charge is -2.27. The molecule has 0 aliphatic carbocycles. The minimum Gasteiger partial charge on any atom is -0.480 e. The molecule has 0 bridgehead atoms. The molecule has 2 unspecified atom stereocenters. The van der Waals surface area contributed by atoms with Crippen LogP contribution in [0.4, 0.5) is 0 Å². The van der Waals surface area contributed by atoms with Crippen molar-refractivity contribution < 1.29 is 9.90 Å². The fraction of sp³-hybridized carbons (Fsp3) is 0.444. The number of hydrogen-bond acceptors (Lipinski definition) is 4. The van der Waals surface area contributed by atoms with Gasteiger partial charge in [-0.2, -0.15) is 0 Å². The van der Waals surface area contributed by atoms with Gasteiger partial charge < -0.3 is 5.11 Å². The number of carboxylic acids is 1. The van der Waals surface area contributed by atoms with Crippen LogP contribution < -0.4 is 5.32 Å². The van der Waals surface area contributed by atoms with Gasteiger partial charge in [0, 0.05) is 0 Å². The molecule has 1 aliphatic rings. The molecule has 1 aliphatic heterocycles. The van der Waals surface area contributed by atoms with Gasteiger partial charge in [-0.05, 0) is 45.1 Å². The van der Waals surface area contributed by atoms with E-state index in [9.17, 15) is 4.79 Å². The van der Waals surface area contributed by atoms with Crippen molar-refractivity contribution >= 4 is 45.0 Å². The molecular formula is C9H10BrNO2S2. The van der Waals surface area contributed by atoms with Gasteiger partial charge in [-0.15, -0.1) is 23.1 Å². The smallest absolute Gasteiger partial charge is 0.320 e. The Bertz CT molecular complexity index is 369. The van der Waals surface area contributed by atoms with Crippen LogP contribution in [0.1, 0.15) is 17.4 Å².